The Balaban J connectivity index is 2.11. The van der Waals surface area contributed by atoms with Crippen LogP contribution in [0.1, 0.15) is 27.8 Å². The van der Waals surface area contributed by atoms with Crippen molar-refractivity contribution in [3.8, 4) is 11.6 Å². The zero-order chi connectivity index (χ0) is 15.2. The Hall–Kier alpha value is -3.03. The lowest BCUT2D eigenvalue weighted by Crippen LogP contribution is -2.23. The minimum absolute atomic E-state index is 0.000553. The number of aromatic nitrogens is 3. The molecule has 2 heterocycles. The lowest BCUT2D eigenvalue weighted by Gasteiger charge is -2.05. The van der Waals surface area contributed by atoms with Gasteiger partial charge in [0.1, 0.15) is 5.75 Å². The summed E-state index contributed by atoms with van der Waals surface area (Å²) >= 11 is 0. The minimum Gasteiger partial charge on any atom is -0.478 e. The van der Waals surface area contributed by atoms with Crippen molar-refractivity contribution in [3.63, 3.8) is 0 Å². The zero-order valence-corrected chi connectivity index (χ0v) is 11.1. The predicted molar refractivity (Wildman–Crippen MR) is 71.3 cm³/mol. The Bertz CT molecular complexity index is 657. The van der Waals surface area contributed by atoms with Gasteiger partial charge in [-0.2, -0.15) is 0 Å². The number of nitrogens with zero attached hydrogens (tertiary/aromatic N) is 3. The minimum atomic E-state index is -1.11. The van der Waals surface area contributed by atoms with E-state index in [0.717, 1.165) is 0 Å². The number of ether oxygens (including phenoxy) is 1. The number of nitrogens with one attached hydrogen (secondary N) is 1. The van der Waals surface area contributed by atoms with Crippen molar-refractivity contribution in [2.75, 3.05) is 6.54 Å². The number of carbonyl (C=O) groups is 2. The van der Waals surface area contributed by atoms with Gasteiger partial charge in [-0.25, -0.2) is 4.79 Å². The van der Waals surface area contributed by atoms with Gasteiger partial charge < -0.3 is 15.2 Å². The van der Waals surface area contributed by atoms with Crippen LogP contribution in [-0.2, 0) is 0 Å². The Morgan fingerprint density at radius 2 is 2.10 bits per heavy atom. The van der Waals surface area contributed by atoms with Crippen LogP contribution >= 0.6 is 0 Å². The Morgan fingerprint density at radius 3 is 2.71 bits per heavy atom. The van der Waals surface area contributed by atoms with E-state index in [9.17, 15) is 9.59 Å². The first-order valence-electron chi connectivity index (χ1n) is 6.08. The second-order valence-corrected chi connectivity index (χ2v) is 3.93. The molecule has 2 rings (SSSR count). The molecular weight excluding hydrogens is 276 g/mol. The van der Waals surface area contributed by atoms with Crippen LogP contribution in [0.4, 0.5) is 0 Å². The van der Waals surface area contributed by atoms with E-state index >= 15 is 0 Å². The van der Waals surface area contributed by atoms with Gasteiger partial charge in [-0.15, -0.1) is 10.2 Å². The van der Waals surface area contributed by atoms with Gasteiger partial charge in [0.15, 0.2) is 5.69 Å². The molecule has 1 amide bonds. The number of carboxylic acid groups (broad SMARTS) is 1. The molecule has 21 heavy (non-hydrogen) atoms. The molecule has 8 heteroatoms. The van der Waals surface area contributed by atoms with Gasteiger partial charge in [0.2, 0.25) is 5.88 Å². The first-order chi connectivity index (χ1) is 10.1. The highest BCUT2D eigenvalue weighted by molar-refractivity contribution is 5.92. The van der Waals surface area contributed by atoms with Crippen LogP contribution in [0.2, 0.25) is 0 Å². The smallest absolute Gasteiger partial charge is 0.337 e. The van der Waals surface area contributed by atoms with Crippen molar-refractivity contribution in [2.45, 2.75) is 6.92 Å². The number of hydrogen-bond donors (Lipinski definition) is 2. The molecule has 0 fully saturated rings. The van der Waals surface area contributed by atoms with E-state index in [2.05, 4.69) is 20.5 Å². The molecule has 108 valence electrons. The molecule has 0 unspecified atom stereocenters. The number of rotatable bonds is 5. The van der Waals surface area contributed by atoms with Crippen molar-refractivity contribution >= 4 is 11.9 Å². The van der Waals surface area contributed by atoms with E-state index in [1.54, 1.807) is 6.92 Å². The molecule has 0 spiro atoms. The summed E-state index contributed by atoms with van der Waals surface area (Å²) in [4.78, 5) is 26.1. The van der Waals surface area contributed by atoms with Crippen LogP contribution in [0.15, 0.2) is 30.6 Å². The van der Waals surface area contributed by atoms with Gasteiger partial charge in [-0.1, -0.05) is 0 Å². The van der Waals surface area contributed by atoms with E-state index in [4.69, 9.17) is 9.84 Å². The third kappa shape index (κ3) is 3.72. The van der Waals surface area contributed by atoms with E-state index in [-0.39, 0.29) is 28.8 Å². The summed E-state index contributed by atoms with van der Waals surface area (Å²) in [6.45, 7) is 2.29. The number of amides is 1. The molecule has 2 N–H and O–H groups in total. The maximum atomic E-state index is 11.5. The van der Waals surface area contributed by atoms with Gasteiger partial charge in [0.05, 0.1) is 11.8 Å². The number of carbonyl (C=O) groups excluding carboxylic acids is 1. The fraction of sp³-hybridized carbons (Fsp3) is 0.154. The summed E-state index contributed by atoms with van der Waals surface area (Å²) in [6.07, 6.45) is 2.56. The Labute approximate surface area is 119 Å². The first-order valence-corrected chi connectivity index (χ1v) is 6.08. The third-order valence-electron chi connectivity index (χ3n) is 2.39. The Kier molecular flexibility index (Phi) is 4.39. The van der Waals surface area contributed by atoms with Gasteiger partial charge in [-0.05, 0) is 19.1 Å². The largest absolute Gasteiger partial charge is 0.478 e. The molecular formula is C13H12N4O4. The number of hydrogen-bond acceptors (Lipinski definition) is 6. The SMILES string of the molecule is CCNC(=O)c1ccc(Oc2cncc(C(=O)O)c2)nn1. The molecule has 2 aromatic heterocycles. The van der Waals surface area contributed by atoms with Gasteiger partial charge in [-0.3, -0.25) is 9.78 Å². The zero-order valence-electron chi connectivity index (χ0n) is 11.1. The standard InChI is InChI=1S/C13H12N4O4/c1-2-15-12(18)10-3-4-11(17-16-10)21-9-5-8(13(19)20)6-14-7-9/h3-7H,2H2,1H3,(H,15,18)(H,19,20). The lowest BCUT2D eigenvalue weighted by molar-refractivity contribution is 0.0695. The maximum absolute atomic E-state index is 11.5. The first kappa shape index (κ1) is 14.4. The van der Waals surface area contributed by atoms with Crippen LogP contribution < -0.4 is 10.1 Å². The number of carboxylic acids is 1. The summed E-state index contributed by atoms with van der Waals surface area (Å²) in [7, 11) is 0. The molecule has 0 saturated carbocycles. The fourth-order valence-corrected chi connectivity index (χ4v) is 1.46. The van der Waals surface area contributed by atoms with Crippen LogP contribution in [0.5, 0.6) is 11.6 Å². The summed E-state index contributed by atoms with van der Waals surface area (Å²) in [6, 6.07) is 4.24. The van der Waals surface area contributed by atoms with Gasteiger partial charge >= 0.3 is 5.97 Å². The highest BCUT2D eigenvalue weighted by Gasteiger charge is 2.09. The van der Waals surface area contributed by atoms with Crippen molar-refractivity contribution in [3.05, 3.63) is 41.9 Å². The molecule has 0 saturated heterocycles. The highest BCUT2D eigenvalue weighted by atomic mass is 16.5. The predicted octanol–water partition coefficient (Wildman–Crippen LogP) is 1.11. The molecule has 2 aromatic rings. The highest BCUT2D eigenvalue weighted by Crippen LogP contribution is 2.18. The van der Waals surface area contributed by atoms with E-state index in [1.807, 2.05) is 0 Å². The molecule has 0 aliphatic rings. The molecule has 0 aromatic carbocycles. The van der Waals surface area contributed by atoms with Crippen molar-refractivity contribution in [2.24, 2.45) is 0 Å². The Morgan fingerprint density at radius 1 is 1.29 bits per heavy atom. The summed E-state index contributed by atoms with van der Waals surface area (Å²) in [5, 5.41) is 18.9. The normalized spacial score (nSPS) is 9.95. The van der Waals surface area contributed by atoms with Gasteiger partial charge in [0, 0.05) is 18.8 Å². The lowest BCUT2D eigenvalue weighted by atomic mass is 10.3. The maximum Gasteiger partial charge on any atom is 0.337 e. The van der Waals surface area contributed by atoms with Crippen LogP contribution in [0, 0.1) is 0 Å². The molecule has 8 nitrogen and oxygen atoms in total. The van der Waals surface area contributed by atoms with Crippen LogP contribution in [0.3, 0.4) is 0 Å². The third-order valence-corrected chi connectivity index (χ3v) is 2.39. The van der Waals surface area contributed by atoms with Crippen LogP contribution in [-0.4, -0.2) is 38.7 Å². The molecule has 0 aliphatic carbocycles. The van der Waals surface area contributed by atoms with Crippen molar-refractivity contribution < 1.29 is 19.4 Å². The summed E-state index contributed by atoms with van der Waals surface area (Å²) in [5.41, 5.74) is 0.168. The number of pyridine rings is 1. The second kappa shape index (κ2) is 6.42. The second-order valence-electron chi connectivity index (χ2n) is 3.93. The quantitative estimate of drug-likeness (QED) is 0.846. The van der Waals surface area contributed by atoms with Crippen LogP contribution in [0.25, 0.3) is 0 Å². The molecule has 0 bridgehead atoms. The number of aromatic carboxylic acids is 1. The van der Waals surface area contributed by atoms with E-state index < -0.39 is 5.97 Å². The van der Waals surface area contributed by atoms with E-state index in [1.165, 1.54) is 30.6 Å². The summed E-state index contributed by atoms with van der Waals surface area (Å²) < 4.78 is 5.33. The van der Waals surface area contributed by atoms with Crippen molar-refractivity contribution in [1.82, 2.24) is 20.5 Å². The average molecular weight is 288 g/mol. The van der Waals surface area contributed by atoms with E-state index in [0.29, 0.717) is 6.54 Å². The van der Waals surface area contributed by atoms with Crippen molar-refractivity contribution in [1.29, 1.82) is 0 Å². The topological polar surface area (TPSA) is 114 Å². The molecule has 0 aliphatic heterocycles. The van der Waals surface area contributed by atoms with Gasteiger partial charge in [0.25, 0.3) is 5.91 Å². The monoisotopic (exact) mass is 288 g/mol. The molecule has 0 radical (unpaired) electrons. The summed E-state index contributed by atoms with van der Waals surface area (Å²) in [5.74, 6) is -1.08. The average Bonchev–Trinajstić information content (AvgIpc) is 2.48. The molecule has 0 atom stereocenters. The fourth-order valence-electron chi connectivity index (χ4n) is 1.46.